The lowest BCUT2D eigenvalue weighted by Gasteiger charge is -2.53. The van der Waals surface area contributed by atoms with Crippen molar-refractivity contribution in [2.24, 2.45) is 0 Å². The van der Waals surface area contributed by atoms with Crippen molar-refractivity contribution < 1.29 is 0 Å². The smallest absolute Gasteiger partial charge is 0.0595 e. The van der Waals surface area contributed by atoms with Crippen LogP contribution < -0.4 is 0 Å². The summed E-state index contributed by atoms with van der Waals surface area (Å²) in [6.45, 7) is 0. The molecule has 110 valence electrons. The molecule has 0 atom stereocenters. The predicted molar refractivity (Wildman–Crippen MR) is 86.6 cm³/mol. The maximum atomic E-state index is 6.24. The number of benzene rings is 1. The number of nitrogens with zero attached hydrogens (tertiary/aromatic N) is 1. The van der Waals surface area contributed by atoms with Crippen LogP contribution in [0.15, 0.2) is 18.2 Å². The fourth-order valence-electron chi connectivity index (χ4n) is 3.96. The molecule has 2 aliphatic carbocycles. The Labute approximate surface area is 132 Å². The van der Waals surface area contributed by atoms with Gasteiger partial charge in [-0.05, 0) is 56.8 Å². The third kappa shape index (κ3) is 2.49. The molecule has 0 radical (unpaired) electrons. The van der Waals surface area contributed by atoms with E-state index in [1.807, 2.05) is 6.07 Å². The summed E-state index contributed by atoms with van der Waals surface area (Å²) in [5, 5.41) is 1.35. The number of halogens is 2. The van der Waals surface area contributed by atoms with E-state index in [4.69, 9.17) is 23.2 Å². The van der Waals surface area contributed by atoms with Crippen LogP contribution in [-0.2, 0) is 5.54 Å². The van der Waals surface area contributed by atoms with Gasteiger partial charge in [0.1, 0.15) is 0 Å². The molecule has 0 amide bonds. The van der Waals surface area contributed by atoms with Crippen molar-refractivity contribution in [3.8, 4) is 0 Å². The summed E-state index contributed by atoms with van der Waals surface area (Å²) in [6.07, 6.45) is 10.7. The molecule has 1 aromatic carbocycles. The van der Waals surface area contributed by atoms with Crippen molar-refractivity contribution in [2.45, 2.75) is 62.9 Å². The molecule has 0 saturated heterocycles. The Hall–Kier alpha value is -0.240. The minimum absolute atomic E-state index is 0.205. The zero-order chi connectivity index (χ0) is 14.2. The van der Waals surface area contributed by atoms with Crippen LogP contribution in [-0.4, -0.2) is 18.0 Å². The van der Waals surface area contributed by atoms with Gasteiger partial charge in [-0.2, -0.15) is 0 Å². The lowest BCUT2D eigenvalue weighted by atomic mass is 9.69. The van der Waals surface area contributed by atoms with Crippen LogP contribution in [0.1, 0.15) is 56.9 Å². The monoisotopic (exact) mass is 311 g/mol. The van der Waals surface area contributed by atoms with Gasteiger partial charge < -0.3 is 0 Å². The van der Waals surface area contributed by atoms with Gasteiger partial charge in [0, 0.05) is 11.6 Å². The van der Waals surface area contributed by atoms with Crippen molar-refractivity contribution in [3.63, 3.8) is 0 Å². The second-order valence-corrected chi connectivity index (χ2v) is 7.23. The van der Waals surface area contributed by atoms with Gasteiger partial charge in [0.25, 0.3) is 0 Å². The lowest BCUT2D eigenvalue weighted by molar-refractivity contribution is -0.0115. The van der Waals surface area contributed by atoms with E-state index in [0.29, 0.717) is 10.0 Å². The van der Waals surface area contributed by atoms with Gasteiger partial charge in [-0.3, -0.25) is 4.90 Å². The summed E-state index contributed by atoms with van der Waals surface area (Å²) in [7, 11) is 2.32. The molecule has 1 aromatic rings. The molecule has 2 saturated carbocycles. The highest BCUT2D eigenvalue weighted by atomic mass is 35.5. The van der Waals surface area contributed by atoms with Crippen molar-refractivity contribution in [3.05, 3.63) is 33.8 Å². The molecular formula is C17H23Cl2N. The summed E-state index contributed by atoms with van der Waals surface area (Å²) >= 11 is 12.3. The topological polar surface area (TPSA) is 3.24 Å². The second-order valence-electron chi connectivity index (χ2n) is 6.42. The summed E-state index contributed by atoms with van der Waals surface area (Å²) in [5.74, 6) is 0. The van der Waals surface area contributed by atoms with Crippen LogP contribution >= 0.6 is 23.2 Å². The Bertz CT molecular complexity index is 476. The van der Waals surface area contributed by atoms with Crippen molar-refractivity contribution >= 4 is 23.2 Å². The molecule has 0 spiro atoms. The number of hydrogen-bond donors (Lipinski definition) is 0. The maximum absolute atomic E-state index is 6.24. The molecule has 0 bridgehead atoms. The van der Waals surface area contributed by atoms with E-state index in [1.54, 1.807) is 0 Å². The minimum Gasteiger partial charge on any atom is -0.294 e. The highest BCUT2D eigenvalue weighted by molar-refractivity contribution is 6.42. The molecule has 3 rings (SSSR count). The van der Waals surface area contributed by atoms with Crippen LogP contribution in [0.5, 0.6) is 0 Å². The van der Waals surface area contributed by atoms with E-state index >= 15 is 0 Å². The first-order valence-corrected chi connectivity index (χ1v) is 8.57. The maximum Gasteiger partial charge on any atom is 0.0595 e. The van der Waals surface area contributed by atoms with Crippen molar-refractivity contribution in [2.75, 3.05) is 7.05 Å². The third-order valence-electron chi connectivity index (χ3n) is 5.44. The molecule has 2 fully saturated rings. The summed E-state index contributed by atoms with van der Waals surface area (Å²) in [6, 6.07) is 6.95. The van der Waals surface area contributed by atoms with Gasteiger partial charge in [0.2, 0.25) is 0 Å². The van der Waals surface area contributed by atoms with Gasteiger partial charge in [0.05, 0.1) is 10.0 Å². The Morgan fingerprint density at radius 2 is 1.70 bits per heavy atom. The minimum atomic E-state index is 0.205. The Morgan fingerprint density at radius 1 is 1.00 bits per heavy atom. The summed E-state index contributed by atoms with van der Waals surface area (Å²) < 4.78 is 0. The fourth-order valence-corrected chi connectivity index (χ4v) is 4.26. The first kappa shape index (κ1) is 14.7. The van der Waals surface area contributed by atoms with E-state index in [-0.39, 0.29) is 5.54 Å². The van der Waals surface area contributed by atoms with E-state index in [0.717, 1.165) is 6.04 Å². The van der Waals surface area contributed by atoms with Crippen LogP contribution in [0.3, 0.4) is 0 Å². The van der Waals surface area contributed by atoms with Gasteiger partial charge in [-0.25, -0.2) is 0 Å². The lowest BCUT2D eigenvalue weighted by Crippen LogP contribution is -2.53. The normalized spacial score (nSPS) is 22.8. The molecule has 0 aliphatic heterocycles. The summed E-state index contributed by atoms with van der Waals surface area (Å²) in [5.41, 5.74) is 1.56. The van der Waals surface area contributed by atoms with Gasteiger partial charge in [0.15, 0.2) is 0 Å². The van der Waals surface area contributed by atoms with E-state index in [2.05, 4.69) is 24.1 Å². The Kier molecular flexibility index (Phi) is 4.31. The predicted octanol–water partition coefficient (Wildman–Crippen LogP) is 5.64. The molecule has 0 unspecified atom stereocenters. The molecule has 0 heterocycles. The molecule has 20 heavy (non-hydrogen) atoms. The Morgan fingerprint density at radius 3 is 2.25 bits per heavy atom. The van der Waals surface area contributed by atoms with Crippen LogP contribution in [0.25, 0.3) is 0 Å². The first-order chi connectivity index (χ1) is 9.63. The SMILES string of the molecule is CN(C1CCCCC1)C1(c2ccc(Cl)c(Cl)c2)CCC1. The summed E-state index contributed by atoms with van der Waals surface area (Å²) in [4.78, 5) is 2.65. The average molecular weight is 312 g/mol. The largest absolute Gasteiger partial charge is 0.294 e. The van der Waals surface area contributed by atoms with E-state index in [1.165, 1.54) is 56.9 Å². The highest BCUT2D eigenvalue weighted by Crippen LogP contribution is 2.49. The van der Waals surface area contributed by atoms with Crippen molar-refractivity contribution in [1.82, 2.24) is 4.90 Å². The number of hydrogen-bond acceptors (Lipinski definition) is 1. The fraction of sp³-hybridized carbons (Fsp3) is 0.647. The zero-order valence-electron chi connectivity index (χ0n) is 12.2. The highest BCUT2D eigenvalue weighted by Gasteiger charge is 2.44. The van der Waals surface area contributed by atoms with Gasteiger partial charge in [-0.1, -0.05) is 48.5 Å². The van der Waals surface area contributed by atoms with Crippen molar-refractivity contribution in [1.29, 1.82) is 0 Å². The van der Waals surface area contributed by atoms with Gasteiger partial charge >= 0.3 is 0 Å². The first-order valence-electron chi connectivity index (χ1n) is 7.82. The molecule has 1 nitrogen and oxygen atoms in total. The molecule has 3 heteroatoms. The third-order valence-corrected chi connectivity index (χ3v) is 6.17. The van der Waals surface area contributed by atoms with Crippen LogP contribution in [0.2, 0.25) is 10.0 Å². The molecule has 0 aromatic heterocycles. The van der Waals surface area contributed by atoms with Gasteiger partial charge in [-0.15, -0.1) is 0 Å². The number of rotatable bonds is 3. The van der Waals surface area contributed by atoms with E-state index < -0.39 is 0 Å². The second kappa shape index (κ2) is 5.87. The van der Waals surface area contributed by atoms with Crippen LogP contribution in [0, 0.1) is 0 Å². The molecule has 0 N–H and O–H groups in total. The molecular weight excluding hydrogens is 289 g/mol. The Balaban J connectivity index is 1.87. The standard InChI is InChI=1S/C17H23Cl2N/c1-20(14-6-3-2-4-7-14)17(10-5-11-17)13-8-9-15(18)16(19)12-13/h8-9,12,14H,2-7,10-11H2,1H3. The zero-order valence-corrected chi connectivity index (χ0v) is 13.7. The molecule has 2 aliphatic rings. The quantitative estimate of drug-likeness (QED) is 0.698. The van der Waals surface area contributed by atoms with E-state index in [9.17, 15) is 0 Å². The average Bonchev–Trinajstić information content (AvgIpc) is 2.42. The van der Waals surface area contributed by atoms with Crippen LogP contribution in [0.4, 0.5) is 0 Å².